The Balaban J connectivity index is 2.83. The Kier molecular flexibility index (Phi) is 3.90. The van der Waals surface area contributed by atoms with E-state index < -0.39 is 6.36 Å². The third kappa shape index (κ3) is 4.03. The highest BCUT2D eigenvalue weighted by Crippen LogP contribution is 2.30. The first-order valence-electron chi connectivity index (χ1n) is 4.31. The molecule has 84 valence electrons. The van der Waals surface area contributed by atoms with Gasteiger partial charge in [0.15, 0.2) is 0 Å². The van der Waals surface area contributed by atoms with E-state index in [-0.39, 0.29) is 11.0 Å². The molecule has 1 nitrogen and oxygen atoms in total. The minimum absolute atomic E-state index is 0.154. The Morgan fingerprint density at radius 2 is 2.00 bits per heavy atom. The molecule has 15 heavy (non-hydrogen) atoms. The van der Waals surface area contributed by atoms with E-state index in [1.807, 2.05) is 13.2 Å². The lowest BCUT2D eigenvalue weighted by atomic mass is 10.1. The molecule has 0 saturated heterocycles. The van der Waals surface area contributed by atoms with Crippen LogP contribution in [0.4, 0.5) is 13.2 Å². The lowest BCUT2D eigenvalue weighted by Gasteiger charge is -2.12. The van der Waals surface area contributed by atoms with E-state index in [4.69, 9.17) is 0 Å². The summed E-state index contributed by atoms with van der Waals surface area (Å²) in [6, 6.07) is 6.05. The molecule has 0 fully saturated rings. The van der Waals surface area contributed by atoms with Crippen LogP contribution in [0.3, 0.4) is 0 Å². The van der Waals surface area contributed by atoms with Crippen LogP contribution in [0.1, 0.15) is 17.7 Å². The van der Waals surface area contributed by atoms with Crippen LogP contribution in [0.25, 0.3) is 0 Å². The second-order valence-electron chi connectivity index (χ2n) is 3.00. The van der Waals surface area contributed by atoms with E-state index in [2.05, 4.69) is 4.74 Å². The predicted molar refractivity (Wildman–Crippen MR) is 55.1 cm³/mol. The van der Waals surface area contributed by atoms with Crippen molar-refractivity contribution in [2.24, 2.45) is 0 Å². The van der Waals surface area contributed by atoms with Gasteiger partial charge < -0.3 is 4.74 Å². The van der Waals surface area contributed by atoms with Crippen molar-refractivity contribution in [1.29, 1.82) is 0 Å². The Morgan fingerprint density at radius 1 is 1.33 bits per heavy atom. The summed E-state index contributed by atoms with van der Waals surface area (Å²) in [5.74, 6) is -0.166. The maximum atomic E-state index is 11.9. The number of halogens is 3. The van der Waals surface area contributed by atoms with Gasteiger partial charge in [0, 0.05) is 5.25 Å². The summed E-state index contributed by atoms with van der Waals surface area (Å²) in [6.45, 7) is 1.93. The fraction of sp³-hybridized carbons (Fsp3) is 0.400. The van der Waals surface area contributed by atoms with Gasteiger partial charge in [0.25, 0.3) is 0 Å². The lowest BCUT2D eigenvalue weighted by Crippen LogP contribution is -2.17. The standard InChI is InChI=1S/C10H11F3OS/c1-7(15-2)8-4-3-5-9(6-8)14-10(11,12)13/h3-7H,1-2H3. The topological polar surface area (TPSA) is 9.23 Å². The second-order valence-corrected chi connectivity index (χ2v) is 4.18. The average Bonchev–Trinajstić information content (AvgIpc) is 2.14. The smallest absolute Gasteiger partial charge is 0.406 e. The second kappa shape index (κ2) is 4.79. The molecule has 0 radical (unpaired) electrons. The minimum Gasteiger partial charge on any atom is -0.406 e. The third-order valence-electron chi connectivity index (χ3n) is 1.91. The number of hydrogen-bond donors (Lipinski definition) is 0. The van der Waals surface area contributed by atoms with Crippen molar-refractivity contribution < 1.29 is 17.9 Å². The van der Waals surface area contributed by atoms with E-state index in [1.54, 1.807) is 23.9 Å². The Morgan fingerprint density at radius 3 is 2.53 bits per heavy atom. The molecule has 1 rings (SSSR count). The molecule has 5 heteroatoms. The normalized spacial score (nSPS) is 13.7. The van der Waals surface area contributed by atoms with Gasteiger partial charge in [-0.05, 0) is 30.9 Å². The number of thioether (sulfide) groups is 1. The Hall–Kier alpha value is -0.840. The van der Waals surface area contributed by atoms with Crippen molar-refractivity contribution in [3.63, 3.8) is 0 Å². The van der Waals surface area contributed by atoms with Crippen molar-refractivity contribution in [1.82, 2.24) is 0 Å². The largest absolute Gasteiger partial charge is 0.573 e. The highest BCUT2D eigenvalue weighted by Gasteiger charge is 2.31. The van der Waals surface area contributed by atoms with Gasteiger partial charge in [-0.3, -0.25) is 0 Å². The van der Waals surface area contributed by atoms with Gasteiger partial charge >= 0.3 is 6.36 Å². The quantitative estimate of drug-likeness (QED) is 0.784. The molecule has 1 unspecified atom stereocenters. The van der Waals surface area contributed by atoms with Gasteiger partial charge in [0.2, 0.25) is 0 Å². The maximum Gasteiger partial charge on any atom is 0.573 e. The number of hydrogen-bond acceptors (Lipinski definition) is 2. The summed E-state index contributed by atoms with van der Waals surface area (Å²) in [6.07, 6.45) is -2.72. The van der Waals surface area contributed by atoms with Gasteiger partial charge in [-0.25, -0.2) is 0 Å². The maximum absolute atomic E-state index is 11.9. The molecule has 0 heterocycles. The molecule has 0 saturated carbocycles. The monoisotopic (exact) mass is 236 g/mol. The van der Waals surface area contributed by atoms with Crippen LogP contribution in [0.2, 0.25) is 0 Å². The van der Waals surface area contributed by atoms with Gasteiger partial charge in [-0.15, -0.1) is 13.2 Å². The number of alkyl halides is 3. The summed E-state index contributed by atoms with van der Waals surface area (Å²) in [4.78, 5) is 0. The molecule has 1 aromatic rings. The molecule has 1 atom stereocenters. The summed E-state index contributed by atoms with van der Waals surface area (Å²) in [5, 5.41) is 0.154. The minimum atomic E-state index is -4.62. The van der Waals surface area contributed by atoms with E-state index >= 15 is 0 Å². The molecule has 0 bridgehead atoms. The van der Waals surface area contributed by atoms with Gasteiger partial charge in [0.1, 0.15) is 5.75 Å². The molecular formula is C10H11F3OS. The van der Waals surface area contributed by atoms with Crippen LogP contribution in [0, 0.1) is 0 Å². The Labute approximate surface area is 90.6 Å². The van der Waals surface area contributed by atoms with Crippen LogP contribution in [0.5, 0.6) is 5.75 Å². The SMILES string of the molecule is CSC(C)c1cccc(OC(F)(F)F)c1. The van der Waals surface area contributed by atoms with Crippen LogP contribution in [-0.2, 0) is 0 Å². The molecule has 1 aromatic carbocycles. The van der Waals surface area contributed by atoms with E-state index in [0.717, 1.165) is 5.56 Å². The van der Waals surface area contributed by atoms with Crippen LogP contribution >= 0.6 is 11.8 Å². The van der Waals surface area contributed by atoms with Crippen molar-refractivity contribution in [3.8, 4) is 5.75 Å². The van der Waals surface area contributed by atoms with Crippen molar-refractivity contribution in [3.05, 3.63) is 29.8 Å². The van der Waals surface area contributed by atoms with Gasteiger partial charge in [0.05, 0.1) is 0 Å². The van der Waals surface area contributed by atoms with Crippen LogP contribution < -0.4 is 4.74 Å². The third-order valence-corrected chi connectivity index (χ3v) is 2.89. The number of rotatable bonds is 3. The van der Waals surface area contributed by atoms with Crippen molar-refractivity contribution >= 4 is 11.8 Å². The summed E-state index contributed by atoms with van der Waals surface area (Å²) >= 11 is 1.57. The van der Waals surface area contributed by atoms with Crippen molar-refractivity contribution in [2.75, 3.05) is 6.26 Å². The molecule has 0 aliphatic carbocycles. The molecular weight excluding hydrogens is 225 g/mol. The Bertz CT molecular complexity index is 325. The zero-order valence-electron chi connectivity index (χ0n) is 8.34. The van der Waals surface area contributed by atoms with Gasteiger partial charge in [-0.2, -0.15) is 11.8 Å². The predicted octanol–water partition coefficient (Wildman–Crippen LogP) is 4.01. The van der Waals surface area contributed by atoms with E-state index in [0.29, 0.717) is 0 Å². The first-order valence-corrected chi connectivity index (χ1v) is 5.59. The highest BCUT2D eigenvalue weighted by molar-refractivity contribution is 7.98. The zero-order valence-corrected chi connectivity index (χ0v) is 9.15. The van der Waals surface area contributed by atoms with E-state index in [9.17, 15) is 13.2 Å². The first-order chi connectivity index (χ1) is 6.92. The average molecular weight is 236 g/mol. The number of ether oxygens (including phenoxy) is 1. The molecule has 0 spiro atoms. The molecule has 0 aliphatic heterocycles. The van der Waals surface area contributed by atoms with Crippen molar-refractivity contribution in [2.45, 2.75) is 18.5 Å². The fourth-order valence-corrected chi connectivity index (χ4v) is 1.52. The summed E-state index contributed by atoms with van der Waals surface area (Å²) in [7, 11) is 0. The summed E-state index contributed by atoms with van der Waals surface area (Å²) in [5.41, 5.74) is 0.823. The zero-order chi connectivity index (χ0) is 11.5. The molecule has 0 N–H and O–H groups in total. The van der Waals surface area contributed by atoms with Gasteiger partial charge in [-0.1, -0.05) is 12.1 Å². The fourth-order valence-electron chi connectivity index (χ4n) is 1.10. The number of benzene rings is 1. The summed E-state index contributed by atoms with van der Waals surface area (Å²) < 4.78 is 39.6. The highest BCUT2D eigenvalue weighted by atomic mass is 32.2. The van der Waals surface area contributed by atoms with Crippen LogP contribution in [0.15, 0.2) is 24.3 Å². The molecule has 0 aliphatic rings. The van der Waals surface area contributed by atoms with Crippen LogP contribution in [-0.4, -0.2) is 12.6 Å². The molecule has 0 amide bonds. The van der Waals surface area contributed by atoms with E-state index in [1.165, 1.54) is 12.1 Å². The first kappa shape index (κ1) is 12.2. The lowest BCUT2D eigenvalue weighted by molar-refractivity contribution is -0.274. The molecule has 0 aromatic heterocycles.